The van der Waals surface area contributed by atoms with Gasteiger partial charge in [0.05, 0.1) is 11.6 Å². The van der Waals surface area contributed by atoms with Gasteiger partial charge in [-0.1, -0.05) is 30.3 Å². The Kier molecular flexibility index (Phi) is 5.07. The molecule has 0 N–H and O–H groups in total. The number of aromatic nitrogens is 5. The van der Waals surface area contributed by atoms with E-state index in [4.69, 9.17) is 19.1 Å². The summed E-state index contributed by atoms with van der Waals surface area (Å²) in [6.45, 7) is 0.346. The molecule has 30 heavy (non-hydrogen) atoms. The smallest absolute Gasteiger partial charge is 0.200 e. The van der Waals surface area contributed by atoms with Crippen molar-refractivity contribution in [3.05, 3.63) is 59.9 Å². The lowest BCUT2D eigenvalue weighted by Crippen LogP contribution is -2.00. The Morgan fingerprint density at radius 3 is 2.73 bits per heavy atom. The lowest BCUT2D eigenvalue weighted by molar-refractivity contribution is 0.177. The van der Waals surface area contributed by atoms with Gasteiger partial charge in [0.2, 0.25) is 0 Å². The van der Waals surface area contributed by atoms with E-state index in [1.54, 1.807) is 24.7 Å². The number of hydrogen-bond acceptors (Lipinski definition) is 8. The molecule has 1 aromatic carbocycles. The molecule has 0 bridgehead atoms. The van der Waals surface area contributed by atoms with Gasteiger partial charge in [0.15, 0.2) is 22.6 Å². The molecule has 9 heteroatoms. The first-order valence-corrected chi connectivity index (χ1v) is 10.9. The largest absolute Gasteiger partial charge is 0.461 e. The van der Waals surface area contributed by atoms with Gasteiger partial charge in [-0.3, -0.25) is 0 Å². The maximum absolute atomic E-state index is 5.48. The molecule has 4 heterocycles. The number of thiophene rings is 1. The molecule has 0 fully saturated rings. The lowest BCUT2D eigenvalue weighted by Gasteiger charge is -2.08. The van der Waals surface area contributed by atoms with Gasteiger partial charge in [0, 0.05) is 25.1 Å². The van der Waals surface area contributed by atoms with Crippen LogP contribution in [0.3, 0.4) is 0 Å². The van der Waals surface area contributed by atoms with Crippen LogP contribution in [0, 0.1) is 0 Å². The topological polar surface area (TPSA) is 78.9 Å². The van der Waals surface area contributed by atoms with E-state index in [0.717, 1.165) is 31.5 Å². The standard InChI is InChI=1S/C21H17N5O2S2/c1-26-18(15-9-6-10-28-15)24-25-21(26)30-20-17-14(13-7-4-3-5-8-13)12-29-19(17)22-16(23-20)11-27-2/h3-10,12H,11H2,1-2H3. The summed E-state index contributed by atoms with van der Waals surface area (Å²) in [7, 11) is 3.56. The fraction of sp³-hybridized carbons (Fsp3) is 0.143. The number of methoxy groups -OCH3 is 1. The molecule has 5 rings (SSSR count). The predicted molar refractivity (Wildman–Crippen MR) is 116 cm³/mol. The molecule has 0 saturated carbocycles. The van der Waals surface area contributed by atoms with Crippen LogP contribution in [0.1, 0.15) is 5.82 Å². The molecule has 0 aliphatic rings. The number of fused-ring (bicyclic) bond motifs is 1. The highest BCUT2D eigenvalue weighted by Crippen LogP contribution is 2.40. The minimum atomic E-state index is 0.346. The Morgan fingerprint density at radius 1 is 1.10 bits per heavy atom. The summed E-state index contributed by atoms with van der Waals surface area (Å²) >= 11 is 3.07. The molecule has 0 aliphatic carbocycles. The summed E-state index contributed by atoms with van der Waals surface area (Å²) in [5.74, 6) is 1.98. The van der Waals surface area contributed by atoms with E-state index in [1.165, 1.54) is 11.8 Å². The maximum atomic E-state index is 5.48. The fourth-order valence-corrected chi connectivity index (χ4v) is 5.13. The normalized spacial score (nSPS) is 11.4. The van der Waals surface area contributed by atoms with Crippen LogP contribution >= 0.6 is 23.1 Å². The first-order valence-electron chi connectivity index (χ1n) is 9.18. The van der Waals surface area contributed by atoms with Gasteiger partial charge >= 0.3 is 0 Å². The maximum Gasteiger partial charge on any atom is 0.200 e. The van der Waals surface area contributed by atoms with Gasteiger partial charge in [-0.25, -0.2) is 9.97 Å². The van der Waals surface area contributed by atoms with Crippen molar-refractivity contribution in [2.75, 3.05) is 7.11 Å². The van der Waals surface area contributed by atoms with E-state index in [2.05, 4.69) is 27.7 Å². The molecule has 150 valence electrons. The SMILES string of the molecule is COCc1nc(Sc2nnc(-c3ccco3)n2C)c2c(-c3ccccc3)csc2n1. The predicted octanol–water partition coefficient (Wildman–Crippen LogP) is 5.04. The molecular formula is C21H17N5O2S2. The van der Waals surface area contributed by atoms with E-state index < -0.39 is 0 Å². The van der Waals surface area contributed by atoms with E-state index in [9.17, 15) is 0 Å². The third-order valence-corrected chi connectivity index (χ3v) is 6.47. The average Bonchev–Trinajstić information content (AvgIpc) is 3.50. The van der Waals surface area contributed by atoms with Gasteiger partial charge in [-0.05, 0) is 29.5 Å². The molecule has 0 radical (unpaired) electrons. The highest BCUT2D eigenvalue weighted by Gasteiger charge is 2.20. The van der Waals surface area contributed by atoms with Crippen molar-refractivity contribution in [3.63, 3.8) is 0 Å². The van der Waals surface area contributed by atoms with Crippen molar-refractivity contribution in [2.45, 2.75) is 16.8 Å². The molecule has 5 aromatic rings. The summed E-state index contributed by atoms with van der Waals surface area (Å²) < 4.78 is 12.7. The van der Waals surface area contributed by atoms with Crippen LogP contribution in [0.25, 0.3) is 32.9 Å². The summed E-state index contributed by atoms with van der Waals surface area (Å²) in [6, 6.07) is 14.0. The second-order valence-electron chi connectivity index (χ2n) is 6.52. The summed E-state index contributed by atoms with van der Waals surface area (Å²) in [5.41, 5.74) is 2.23. The summed E-state index contributed by atoms with van der Waals surface area (Å²) in [5, 5.41) is 13.3. The minimum Gasteiger partial charge on any atom is -0.461 e. The Morgan fingerprint density at radius 2 is 1.97 bits per heavy atom. The van der Waals surface area contributed by atoms with E-state index in [-0.39, 0.29) is 0 Å². The molecule has 0 aliphatic heterocycles. The van der Waals surface area contributed by atoms with Crippen molar-refractivity contribution < 1.29 is 9.15 Å². The number of benzene rings is 1. The molecule has 0 saturated heterocycles. The Balaban J connectivity index is 1.63. The lowest BCUT2D eigenvalue weighted by atomic mass is 10.1. The summed E-state index contributed by atoms with van der Waals surface area (Å²) in [4.78, 5) is 10.4. The highest BCUT2D eigenvalue weighted by molar-refractivity contribution is 7.99. The number of ether oxygens (including phenoxy) is 1. The third-order valence-electron chi connectivity index (χ3n) is 4.57. The van der Waals surface area contributed by atoms with Crippen molar-refractivity contribution in [3.8, 4) is 22.7 Å². The van der Waals surface area contributed by atoms with Crippen LogP contribution in [0.2, 0.25) is 0 Å². The van der Waals surface area contributed by atoms with Crippen molar-refractivity contribution in [1.82, 2.24) is 24.7 Å². The Labute approximate surface area is 180 Å². The molecule has 4 aromatic heterocycles. The second kappa shape index (κ2) is 8.02. The van der Waals surface area contributed by atoms with E-state index in [0.29, 0.717) is 24.0 Å². The van der Waals surface area contributed by atoms with E-state index in [1.807, 2.05) is 41.9 Å². The van der Waals surface area contributed by atoms with Gasteiger partial charge in [-0.2, -0.15) is 0 Å². The fourth-order valence-electron chi connectivity index (χ4n) is 3.16. The molecule has 0 amide bonds. The zero-order valence-corrected chi connectivity index (χ0v) is 17.9. The molecule has 0 spiro atoms. The second-order valence-corrected chi connectivity index (χ2v) is 8.33. The van der Waals surface area contributed by atoms with Crippen LogP contribution < -0.4 is 0 Å². The first kappa shape index (κ1) is 19.0. The van der Waals surface area contributed by atoms with Gasteiger partial charge in [0.1, 0.15) is 16.5 Å². The van der Waals surface area contributed by atoms with Crippen molar-refractivity contribution in [1.29, 1.82) is 0 Å². The van der Waals surface area contributed by atoms with Gasteiger partial charge < -0.3 is 13.7 Å². The van der Waals surface area contributed by atoms with Crippen LogP contribution in [0.4, 0.5) is 0 Å². The average molecular weight is 436 g/mol. The van der Waals surface area contributed by atoms with Crippen LogP contribution in [-0.4, -0.2) is 31.8 Å². The zero-order chi connectivity index (χ0) is 20.5. The number of hydrogen-bond donors (Lipinski definition) is 0. The highest BCUT2D eigenvalue weighted by atomic mass is 32.2. The van der Waals surface area contributed by atoms with Gasteiger partial charge in [0.25, 0.3) is 0 Å². The number of nitrogens with zero attached hydrogens (tertiary/aromatic N) is 5. The minimum absolute atomic E-state index is 0.346. The van der Waals surface area contributed by atoms with Crippen molar-refractivity contribution >= 4 is 33.3 Å². The van der Waals surface area contributed by atoms with Crippen LogP contribution in [0.15, 0.2) is 68.7 Å². The summed E-state index contributed by atoms with van der Waals surface area (Å²) in [6.07, 6.45) is 1.62. The number of rotatable bonds is 6. The Bertz CT molecular complexity index is 1300. The van der Waals surface area contributed by atoms with Gasteiger partial charge in [-0.15, -0.1) is 21.5 Å². The number of furan rings is 1. The monoisotopic (exact) mass is 435 g/mol. The molecular weight excluding hydrogens is 418 g/mol. The molecule has 0 unspecified atom stereocenters. The molecule has 7 nitrogen and oxygen atoms in total. The first-order chi connectivity index (χ1) is 14.7. The molecule has 0 atom stereocenters. The van der Waals surface area contributed by atoms with Crippen molar-refractivity contribution in [2.24, 2.45) is 7.05 Å². The van der Waals surface area contributed by atoms with E-state index >= 15 is 0 Å². The van der Waals surface area contributed by atoms with Crippen LogP contribution in [-0.2, 0) is 18.4 Å². The third kappa shape index (κ3) is 3.41. The zero-order valence-electron chi connectivity index (χ0n) is 16.3. The quantitative estimate of drug-likeness (QED) is 0.346. The van der Waals surface area contributed by atoms with Crippen LogP contribution in [0.5, 0.6) is 0 Å². The Hall–Kier alpha value is -3.01.